The Morgan fingerprint density at radius 3 is 2.70 bits per heavy atom. The van der Waals surface area contributed by atoms with Crippen LogP contribution in [0.15, 0.2) is 28.9 Å². The van der Waals surface area contributed by atoms with Gasteiger partial charge in [-0.05, 0) is 25.2 Å². The molecule has 7 heteroatoms. The van der Waals surface area contributed by atoms with Crippen molar-refractivity contribution in [3.8, 4) is 11.6 Å². The number of rotatable bonds is 4. The van der Waals surface area contributed by atoms with Crippen LogP contribution in [0.2, 0.25) is 0 Å². The highest BCUT2D eigenvalue weighted by Crippen LogP contribution is 2.30. The van der Waals surface area contributed by atoms with Crippen molar-refractivity contribution in [3.05, 3.63) is 51.9 Å². The molecule has 106 valence electrons. The lowest BCUT2D eigenvalue weighted by atomic mass is 10.2. The quantitative estimate of drug-likeness (QED) is 0.855. The Morgan fingerprint density at radius 2 is 2.00 bits per heavy atom. The third-order valence-electron chi connectivity index (χ3n) is 2.43. The molecule has 1 heterocycles. The molecule has 0 aliphatic carbocycles. The van der Waals surface area contributed by atoms with E-state index in [9.17, 15) is 13.2 Å². The van der Waals surface area contributed by atoms with E-state index >= 15 is 0 Å². The van der Waals surface area contributed by atoms with E-state index < -0.39 is 17.5 Å². The molecular formula is C13H10BrF3N2O. The molecule has 1 N–H and O–H groups in total. The first kappa shape index (κ1) is 14.8. The smallest absolute Gasteiger partial charge is 0.224 e. The third kappa shape index (κ3) is 3.29. The van der Waals surface area contributed by atoms with Gasteiger partial charge in [0.2, 0.25) is 11.7 Å². The highest BCUT2D eigenvalue weighted by Gasteiger charge is 2.15. The Morgan fingerprint density at radius 1 is 1.25 bits per heavy atom. The van der Waals surface area contributed by atoms with Gasteiger partial charge < -0.3 is 10.1 Å². The molecule has 0 atom stereocenters. The summed E-state index contributed by atoms with van der Waals surface area (Å²) in [5.74, 6) is -3.03. The van der Waals surface area contributed by atoms with E-state index in [1.807, 2.05) is 0 Å². The van der Waals surface area contributed by atoms with Gasteiger partial charge in [0.05, 0.1) is 6.20 Å². The van der Waals surface area contributed by atoms with Gasteiger partial charge >= 0.3 is 0 Å². The number of nitrogens with zero attached hydrogens (tertiary/aromatic N) is 1. The molecule has 0 saturated carbocycles. The van der Waals surface area contributed by atoms with Gasteiger partial charge in [-0.25, -0.2) is 13.8 Å². The lowest BCUT2D eigenvalue weighted by Crippen LogP contribution is -2.08. The van der Waals surface area contributed by atoms with Crippen molar-refractivity contribution in [2.45, 2.75) is 6.54 Å². The normalized spacial score (nSPS) is 10.7. The number of ether oxygens (including phenoxy) is 1. The summed E-state index contributed by atoms with van der Waals surface area (Å²) in [6.45, 7) is 0.276. The zero-order chi connectivity index (χ0) is 14.7. The average molecular weight is 347 g/mol. The molecule has 0 aliphatic rings. The molecule has 2 rings (SSSR count). The third-order valence-corrected chi connectivity index (χ3v) is 2.88. The van der Waals surface area contributed by atoms with Crippen LogP contribution in [0.5, 0.6) is 11.6 Å². The number of halogens is 4. The molecule has 0 fully saturated rings. The van der Waals surface area contributed by atoms with Crippen LogP contribution < -0.4 is 10.1 Å². The minimum atomic E-state index is -1.13. The van der Waals surface area contributed by atoms with Crippen LogP contribution in [0, 0.1) is 17.5 Å². The molecule has 0 amide bonds. The summed E-state index contributed by atoms with van der Waals surface area (Å²) in [7, 11) is 1.66. The van der Waals surface area contributed by atoms with Gasteiger partial charge in [0.25, 0.3) is 0 Å². The average Bonchev–Trinajstić information content (AvgIpc) is 2.38. The summed E-state index contributed by atoms with van der Waals surface area (Å²) in [4.78, 5) is 3.75. The second-order valence-corrected chi connectivity index (χ2v) is 4.87. The first-order chi connectivity index (χ1) is 9.51. The van der Waals surface area contributed by atoms with E-state index in [1.165, 1.54) is 12.1 Å². The van der Waals surface area contributed by atoms with Crippen molar-refractivity contribution in [2.75, 3.05) is 7.05 Å². The fraction of sp³-hybridized carbons (Fsp3) is 0.154. The van der Waals surface area contributed by atoms with Crippen molar-refractivity contribution in [1.82, 2.24) is 10.3 Å². The molecule has 2 aromatic rings. The largest absolute Gasteiger partial charge is 0.435 e. The highest BCUT2D eigenvalue weighted by atomic mass is 79.9. The van der Waals surface area contributed by atoms with Crippen LogP contribution in [0.25, 0.3) is 0 Å². The maximum Gasteiger partial charge on any atom is 0.224 e. The SMILES string of the molecule is CNCc1cc(F)cnc1Oc1cc(Br)cc(F)c1F. The van der Waals surface area contributed by atoms with Gasteiger partial charge in [0.15, 0.2) is 11.6 Å². The number of hydrogen-bond acceptors (Lipinski definition) is 3. The number of benzene rings is 1. The van der Waals surface area contributed by atoms with Gasteiger partial charge in [-0.2, -0.15) is 4.39 Å². The minimum absolute atomic E-state index is 0.0113. The van der Waals surface area contributed by atoms with Crippen LogP contribution >= 0.6 is 15.9 Å². The summed E-state index contributed by atoms with van der Waals surface area (Å²) in [6.07, 6.45) is 0.945. The summed E-state index contributed by atoms with van der Waals surface area (Å²) < 4.78 is 45.6. The van der Waals surface area contributed by atoms with Crippen molar-refractivity contribution in [3.63, 3.8) is 0 Å². The van der Waals surface area contributed by atoms with Crippen molar-refractivity contribution >= 4 is 15.9 Å². The Hall–Kier alpha value is -1.60. The van der Waals surface area contributed by atoms with Crippen molar-refractivity contribution in [2.24, 2.45) is 0 Å². The Balaban J connectivity index is 2.39. The maximum absolute atomic E-state index is 13.6. The lowest BCUT2D eigenvalue weighted by Gasteiger charge is -2.11. The van der Waals surface area contributed by atoms with E-state index in [-0.39, 0.29) is 18.2 Å². The topological polar surface area (TPSA) is 34.2 Å². The predicted molar refractivity (Wildman–Crippen MR) is 71.1 cm³/mol. The van der Waals surface area contributed by atoms with Gasteiger partial charge in [0, 0.05) is 16.6 Å². The number of aromatic nitrogens is 1. The highest BCUT2D eigenvalue weighted by molar-refractivity contribution is 9.10. The summed E-state index contributed by atoms with van der Waals surface area (Å²) in [5, 5.41) is 2.81. The first-order valence-electron chi connectivity index (χ1n) is 5.62. The van der Waals surface area contributed by atoms with E-state index in [0.717, 1.165) is 12.3 Å². The maximum atomic E-state index is 13.6. The second-order valence-electron chi connectivity index (χ2n) is 3.95. The van der Waals surface area contributed by atoms with E-state index in [2.05, 4.69) is 26.2 Å². The van der Waals surface area contributed by atoms with Gasteiger partial charge in [-0.15, -0.1) is 0 Å². The van der Waals surface area contributed by atoms with E-state index in [0.29, 0.717) is 10.0 Å². The Labute approximate surface area is 121 Å². The summed E-state index contributed by atoms with van der Waals surface area (Å²) in [5.41, 5.74) is 0.396. The Kier molecular flexibility index (Phi) is 4.61. The molecular weight excluding hydrogens is 337 g/mol. The van der Waals surface area contributed by atoms with Gasteiger partial charge in [0.1, 0.15) is 5.82 Å². The van der Waals surface area contributed by atoms with Crippen LogP contribution in [0.4, 0.5) is 13.2 Å². The molecule has 1 aromatic heterocycles. The summed E-state index contributed by atoms with van der Waals surface area (Å²) in [6, 6.07) is 3.46. The fourth-order valence-corrected chi connectivity index (χ4v) is 2.00. The first-order valence-corrected chi connectivity index (χ1v) is 6.42. The zero-order valence-electron chi connectivity index (χ0n) is 10.4. The molecule has 20 heavy (non-hydrogen) atoms. The number of hydrogen-bond donors (Lipinski definition) is 1. The van der Waals surface area contributed by atoms with Gasteiger partial charge in [-0.1, -0.05) is 15.9 Å². The molecule has 0 aliphatic heterocycles. The summed E-state index contributed by atoms with van der Waals surface area (Å²) >= 11 is 3.04. The van der Waals surface area contributed by atoms with Crippen molar-refractivity contribution < 1.29 is 17.9 Å². The van der Waals surface area contributed by atoms with Crippen molar-refractivity contribution in [1.29, 1.82) is 0 Å². The van der Waals surface area contributed by atoms with E-state index in [1.54, 1.807) is 7.05 Å². The minimum Gasteiger partial charge on any atom is -0.435 e. The van der Waals surface area contributed by atoms with Crippen LogP contribution in [-0.2, 0) is 6.54 Å². The molecule has 0 radical (unpaired) electrons. The lowest BCUT2D eigenvalue weighted by molar-refractivity contribution is 0.398. The zero-order valence-corrected chi connectivity index (χ0v) is 12.0. The molecule has 0 unspecified atom stereocenters. The molecule has 1 aromatic carbocycles. The fourth-order valence-electron chi connectivity index (χ4n) is 1.59. The monoisotopic (exact) mass is 346 g/mol. The molecule has 0 spiro atoms. The molecule has 0 bridgehead atoms. The molecule has 3 nitrogen and oxygen atoms in total. The number of nitrogens with one attached hydrogen (secondary N) is 1. The Bertz CT molecular complexity index is 637. The number of pyridine rings is 1. The van der Waals surface area contributed by atoms with E-state index in [4.69, 9.17) is 4.74 Å². The van der Waals surface area contributed by atoms with Crippen LogP contribution in [0.3, 0.4) is 0 Å². The predicted octanol–water partition coefficient (Wildman–Crippen LogP) is 3.77. The molecule has 0 saturated heterocycles. The second kappa shape index (κ2) is 6.23. The van der Waals surface area contributed by atoms with Gasteiger partial charge in [-0.3, -0.25) is 0 Å². The standard InChI is InChI=1S/C13H10BrF3N2O/c1-18-5-7-2-9(15)6-19-13(7)20-11-4-8(14)3-10(16)12(11)17/h2-4,6,18H,5H2,1H3. The van der Waals surface area contributed by atoms with Crippen LogP contribution in [-0.4, -0.2) is 12.0 Å². The van der Waals surface area contributed by atoms with Crippen LogP contribution in [0.1, 0.15) is 5.56 Å².